The maximum atomic E-state index is 13.3. The summed E-state index contributed by atoms with van der Waals surface area (Å²) in [6, 6.07) is 17.0. The highest BCUT2D eigenvalue weighted by molar-refractivity contribution is 7.92. The number of sulfonamides is 1. The molecule has 0 aliphatic heterocycles. The lowest BCUT2D eigenvalue weighted by molar-refractivity contribution is -0.157. The van der Waals surface area contributed by atoms with Gasteiger partial charge in [-0.1, -0.05) is 24.3 Å². The first-order chi connectivity index (χ1) is 19.1. The normalized spacial score (nSPS) is 12.1. The molecule has 0 spiro atoms. The number of benzene rings is 3. The number of esters is 1. The molecule has 0 bridgehead atoms. The van der Waals surface area contributed by atoms with E-state index in [9.17, 15) is 31.2 Å². The Hall–Kier alpha value is -4.39. The molecule has 1 amide bonds. The maximum absolute atomic E-state index is 13.3. The highest BCUT2D eigenvalue weighted by Gasteiger charge is 2.33. The molecule has 3 aromatic rings. The third-order valence-corrected chi connectivity index (χ3v) is 6.93. The molecule has 0 saturated heterocycles. The molecule has 0 atom stereocenters. The molecule has 0 aliphatic rings. The quantitative estimate of drug-likeness (QED) is 0.206. The van der Waals surface area contributed by atoms with Gasteiger partial charge in [0, 0.05) is 0 Å². The van der Waals surface area contributed by atoms with Gasteiger partial charge in [0.25, 0.3) is 15.9 Å². The van der Waals surface area contributed by atoms with Crippen LogP contribution in [0.25, 0.3) is 0 Å². The Bertz CT molecular complexity index is 1490. The van der Waals surface area contributed by atoms with Crippen LogP contribution in [-0.4, -0.2) is 45.3 Å². The summed E-state index contributed by atoms with van der Waals surface area (Å²) in [6.07, 6.45) is -3.45. The molecular weight excluding hydrogens is 563 g/mol. The van der Waals surface area contributed by atoms with Crippen LogP contribution in [0.15, 0.2) is 88.9 Å². The van der Waals surface area contributed by atoms with Crippen LogP contribution in [0.4, 0.5) is 18.9 Å². The highest BCUT2D eigenvalue weighted by atomic mass is 32.2. The maximum Gasteiger partial charge on any atom is 0.416 e. The number of hydrogen-bond donors (Lipinski definition) is 1. The van der Waals surface area contributed by atoms with E-state index in [1.165, 1.54) is 36.5 Å². The van der Waals surface area contributed by atoms with Gasteiger partial charge < -0.3 is 9.47 Å². The van der Waals surface area contributed by atoms with Gasteiger partial charge in [-0.15, -0.1) is 0 Å². The number of carbonyl (C=O) groups is 2. The fraction of sp³-hybridized carbons (Fsp3) is 0.250. The van der Waals surface area contributed by atoms with E-state index in [0.29, 0.717) is 21.7 Å². The van der Waals surface area contributed by atoms with Crippen LogP contribution < -0.4 is 14.5 Å². The summed E-state index contributed by atoms with van der Waals surface area (Å²) in [6.45, 7) is 4.09. The molecule has 1 N–H and O–H groups in total. The minimum Gasteiger partial charge on any atom is -0.482 e. The van der Waals surface area contributed by atoms with E-state index < -0.39 is 45.8 Å². The molecule has 13 heteroatoms. The Kier molecular flexibility index (Phi) is 9.76. The molecule has 3 rings (SSSR count). The number of nitrogens with one attached hydrogen (secondary N) is 1. The minimum atomic E-state index is -4.72. The van der Waals surface area contributed by atoms with Gasteiger partial charge >= 0.3 is 12.1 Å². The summed E-state index contributed by atoms with van der Waals surface area (Å²) in [5.41, 5.74) is 0.665. The molecule has 9 nitrogen and oxygen atoms in total. The fourth-order valence-electron chi connectivity index (χ4n) is 3.38. The van der Waals surface area contributed by atoms with Crippen molar-refractivity contribution in [2.24, 2.45) is 5.10 Å². The van der Waals surface area contributed by atoms with Crippen molar-refractivity contribution < 1.29 is 40.7 Å². The fourth-order valence-corrected chi connectivity index (χ4v) is 4.81. The lowest BCUT2D eigenvalue weighted by Crippen LogP contribution is -2.39. The number of ether oxygens (including phenoxy) is 2. The third kappa shape index (κ3) is 9.34. The van der Waals surface area contributed by atoms with Crippen LogP contribution in [0.1, 0.15) is 31.9 Å². The summed E-state index contributed by atoms with van der Waals surface area (Å²) < 4.78 is 77.7. The molecule has 41 heavy (non-hydrogen) atoms. The molecule has 0 aromatic heterocycles. The second-order valence-electron chi connectivity index (χ2n) is 9.61. The van der Waals surface area contributed by atoms with E-state index in [2.05, 4.69) is 10.5 Å². The van der Waals surface area contributed by atoms with Crippen LogP contribution in [0.3, 0.4) is 0 Å². The van der Waals surface area contributed by atoms with E-state index in [-0.39, 0.29) is 17.2 Å². The van der Waals surface area contributed by atoms with E-state index >= 15 is 0 Å². The number of hydrogen-bond acceptors (Lipinski definition) is 7. The molecule has 0 heterocycles. The van der Waals surface area contributed by atoms with Crippen LogP contribution in [-0.2, 0) is 30.5 Å². The Balaban J connectivity index is 1.70. The molecule has 0 unspecified atom stereocenters. The number of anilines is 1. The Morgan fingerprint density at radius 1 is 0.951 bits per heavy atom. The van der Waals surface area contributed by atoms with E-state index in [4.69, 9.17) is 9.47 Å². The van der Waals surface area contributed by atoms with E-state index in [0.717, 1.165) is 12.1 Å². The van der Waals surface area contributed by atoms with Gasteiger partial charge in [-0.3, -0.25) is 9.10 Å². The van der Waals surface area contributed by atoms with Crippen molar-refractivity contribution in [3.05, 3.63) is 90.0 Å². The predicted octanol–water partition coefficient (Wildman–Crippen LogP) is 4.77. The van der Waals surface area contributed by atoms with E-state index in [1.54, 1.807) is 51.1 Å². The zero-order chi connectivity index (χ0) is 30.3. The van der Waals surface area contributed by atoms with Crippen LogP contribution in [0.2, 0.25) is 0 Å². The smallest absolute Gasteiger partial charge is 0.416 e. The minimum absolute atomic E-state index is 0.206. The van der Waals surface area contributed by atoms with Crippen molar-refractivity contribution in [3.8, 4) is 5.75 Å². The van der Waals surface area contributed by atoms with Gasteiger partial charge in [0.2, 0.25) is 0 Å². The lowest BCUT2D eigenvalue weighted by Gasteiger charge is -2.24. The Labute approximate surface area is 235 Å². The predicted molar refractivity (Wildman–Crippen MR) is 146 cm³/mol. The van der Waals surface area contributed by atoms with Crippen molar-refractivity contribution in [3.63, 3.8) is 0 Å². The molecule has 0 aliphatic carbocycles. The molecule has 0 fully saturated rings. The molecule has 3 aromatic carbocycles. The molecule has 0 radical (unpaired) electrons. The van der Waals surface area contributed by atoms with Crippen LogP contribution in [0.5, 0.6) is 5.75 Å². The zero-order valence-corrected chi connectivity index (χ0v) is 23.2. The summed E-state index contributed by atoms with van der Waals surface area (Å²) in [5.74, 6) is -1.03. The summed E-state index contributed by atoms with van der Waals surface area (Å²) >= 11 is 0. The van der Waals surface area contributed by atoms with Gasteiger partial charge in [0.05, 0.1) is 22.4 Å². The summed E-state index contributed by atoms with van der Waals surface area (Å²) in [4.78, 5) is 24.2. The first-order valence-electron chi connectivity index (χ1n) is 12.2. The van der Waals surface area contributed by atoms with Gasteiger partial charge in [-0.25, -0.2) is 18.6 Å². The first kappa shape index (κ1) is 31.1. The van der Waals surface area contributed by atoms with Gasteiger partial charge in [-0.2, -0.15) is 18.3 Å². The molecular formula is C28H28F3N3O6S. The van der Waals surface area contributed by atoms with Gasteiger partial charge in [0.1, 0.15) is 17.9 Å². The average Bonchev–Trinajstić information content (AvgIpc) is 2.90. The van der Waals surface area contributed by atoms with E-state index in [1.807, 2.05) is 0 Å². The van der Waals surface area contributed by atoms with Crippen molar-refractivity contribution in [2.45, 2.75) is 37.4 Å². The zero-order valence-electron chi connectivity index (χ0n) is 22.4. The topological polar surface area (TPSA) is 114 Å². The van der Waals surface area contributed by atoms with Crippen molar-refractivity contribution in [1.29, 1.82) is 0 Å². The number of amides is 1. The average molecular weight is 592 g/mol. The Morgan fingerprint density at radius 2 is 1.61 bits per heavy atom. The number of hydrazone groups is 1. The Morgan fingerprint density at radius 3 is 2.22 bits per heavy atom. The van der Waals surface area contributed by atoms with Crippen LogP contribution in [0, 0.1) is 0 Å². The lowest BCUT2D eigenvalue weighted by atomic mass is 10.2. The summed E-state index contributed by atoms with van der Waals surface area (Å²) in [7, 11) is -4.41. The number of alkyl halides is 3. The monoisotopic (exact) mass is 591 g/mol. The summed E-state index contributed by atoms with van der Waals surface area (Å²) in [5, 5.41) is 3.80. The molecule has 218 valence electrons. The van der Waals surface area contributed by atoms with Crippen LogP contribution >= 0.6 is 0 Å². The number of halogens is 3. The SMILES string of the molecule is CC(C)(C)OC(=O)COc1ccc(/C=N/NC(=O)CN(c2cccc(C(F)(F)F)c2)S(=O)(=O)c2ccccc2)cc1. The number of nitrogens with zero attached hydrogens (tertiary/aromatic N) is 2. The van der Waals surface area contributed by atoms with Crippen molar-refractivity contribution in [1.82, 2.24) is 5.43 Å². The largest absolute Gasteiger partial charge is 0.482 e. The first-order valence-corrected chi connectivity index (χ1v) is 13.6. The van der Waals surface area contributed by atoms with Crippen molar-refractivity contribution >= 4 is 33.8 Å². The van der Waals surface area contributed by atoms with Gasteiger partial charge in [0.15, 0.2) is 6.61 Å². The number of carbonyl (C=O) groups excluding carboxylic acids is 2. The second-order valence-corrected chi connectivity index (χ2v) is 11.5. The second kappa shape index (κ2) is 12.9. The number of rotatable bonds is 10. The standard InChI is InChI=1S/C28H28F3N3O6S/c1-27(2,3)40-26(36)19-39-23-14-12-20(13-15-23)17-32-33-25(35)18-34(41(37,38)24-10-5-4-6-11-24)22-9-7-8-21(16-22)28(29,30)31/h4-17H,18-19H2,1-3H3,(H,33,35)/b32-17+. The molecule has 0 saturated carbocycles. The van der Waals surface area contributed by atoms with Crippen molar-refractivity contribution in [2.75, 3.05) is 17.5 Å². The third-order valence-electron chi connectivity index (χ3n) is 5.14. The highest BCUT2D eigenvalue weighted by Crippen LogP contribution is 2.33. The van der Waals surface area contributed by atoms with Gasteiger partial charge in [-0.05, 0) is 80.9 Å².